The first kappa shape index (κ1) is 11.6. The Morgan fingerprint density at radius 2 is 2.00 bits per heavy atom. The molecule has 0 aliphatic carbocycles. The van der Waals surface area contributed by atoms with Gasteiger partial charge in [-0.2, -0.15) is 0 Å². The SMILES string of the molecule is O=C(O)C1CCCC(=O)N(c2ccccc2)C1. The van der Waals surface area contributed by atoms with Crippen molar-refractivity contribution < 1.29 is 14.7 Å². The van der Waals surface area contributed by atoms with E-state index in [0.29, 0.717) is 19.3 Å². The smallest absolute Gasteiger partial charge is 0.308 e. The number of rotatable bonds is 2. The normalized spacial score (nSPS) is 21.1. The number of anilines is 1. The summed E-state index contributed by atoms with van der Waals surface area (Å²) in [6.45, 7) is 0.276. The summed E-state index contributed by atoms with van der Waals surface area (Å²) in [4.78, 5) is 24.6. The summed E-state index contributed by atoms with van der Waals surface area (Å²) < 4.78 is 0. The van der Waals surface area contributed by atoms with E-state index in [1.54, 1.807) is 4.90 Å². The van der Waals surface area contributed by atoms with Crippen LogP contribution in [0.15, 0.2) is 30.3 Å². The van der Waals surface area contributed by atoms with E-state index in [9.17, 15) is 9.59 Å². The van der Waals surface area contributed by atoms with Crippen LogP contribution in [0, 0.1) is 5.92 Å². The fraction of sp³-hybridized carbons (Fsp3) is 0.385. The maximum absolute atomic E-state index is 11.9. The summed E-state index contributed by atoms with van der Waals surface area (Å²) in [5.41, 5.74) is 0.783. The summed E-state index contributed by atoms with van der Waals surface area (Å²) in [6.07, 6.45) is 1.65. The van der Waals surface area contributed by atoms with E-state index in [0.717, 1.165) is 5.69 Å². The van der Waals surface area contributed by atoms with E-state index in [1.807, 2.05) is 30.3 Å². The van der Waals surface area contributed by atoms with Gasteiger partial charge in [0.05, 0.1) is 5.92 Å². The van der Waals surface area contributed by atoms with Gasteiger partial charge in [0.2, 0.25) is 5.91 Å². The number of carboxylic acid groups (broad SMARTS) is 1. The number of amides is 1. The van der Waals surface area contributed by atoms with Gasteiger partial charge in [0.25, 0.3) is 0 Å². The van der Waals surface area contributed by atoms with Crippen molar-refractivity contribution in [1.29, 1.82) is 0 Å². The van der Waals surface area contributed by atoms with Gasteiger partial charge in [0, 0.05) is 18.7 Å². The molecule has 1 fully saturated rings. The first-order chi connectivity index (χ1) is 8.18. The highest BCUT2D eigenvalue weighted by Crippen LogP contribution is 2.23. The van der Waals surface area contributed by atoms with Gasteiger partial charge in [-0.25, -0.2) is 0 Å². The van der Waals surface area contributed by atoms with Crippen molar-refractivity contribution in [1.82, 2.24) is 0 Å². The molecule has 1 aromatic rings. The zero-order valence-electron chi connectivity index (χ0n) is 9.50. The first-order valence-corrected chi connectivity index (χ1v) is 5.76. The van der Waals surface area contributed by atoms with Crippen LogP contribution in [-0.2, 0) is 9.59 Å². The Balaban J connectivity index is 2.23. The minimum atomic E-state index is -0.819. The van der Waals surface area contributed by atoms with Crippen LogP contribution in [0.2, 0.25) is 0 Å². The molecule has 0 spiro atoms. The molecule has 4 heteroatoms. The predicted molar refractivity (Wildman–Crippen MR) is 63.8 cm³/mol. The standard InChI is InChI=1S/C13H15NO3/c15-12-8-4-5-10(13(16)17)9-14(12)11-6-2-1-3-7-11/h1-3,6-7,10H,4-5,8-9H2,(H,16,17). The summed E-state index contributed by atoms with van der Waals surface area (Å²) in [7, 11) is 0. The Labute approximate surface area is 99.9 Å². The second-order valence-electron chi connectivity index (χ2n) is 4.27. The van der Waals surface area contributed by atoms with Crippen molar-refractivity contribution in [3.63, 3.8) is 0 Å². The number of nitrogens with zero attached hydrogens (tertiary/aromatic N) is 1. The maximum atomic E-state index is 11.9. The molecule has 0 bridgehead atoms. The molecular formula is C13H15NO3. The molecule has 1 saturated heterocycles. The summed E-state index contributed by atoms with van der Waals surface area (Å²) in [5.74, 6) is -1.26. The van der Waals surface area contributed by atoms with Gasteiger partial charge in [-0.15, -0.1) is 0 Å². The fourth-order valence-corrected chi connectivity index (χ4v) is 2.11. The highest BCUT2D eigenvalue weighted by Gasteiger charge is 2.28. The number of para-hydroxylation sites is 1. The topological polar surface area (TPSA) is 57.6 Å². The summed E-state index contributed by atoms with van der Waals surface area (Å²) in [5, 5.41) is 9.08. The average molecular weight is 233 g/mol. The minimum absolute atomic E-state index is 0.0138. The molecule has 0 aromatic heterocycles. The van der Waals surface area contributed by atoms with Crippen LogP contribution in [0.25, 0.3) is 0 Å². The molecule has 1 aromatic carbocycles. The van der Waals surface area contributed by atoms with Gasteiger partial charge in [-0.1, -0.05) is 18.2 Å². The molecule has 4 nitrogen and oxygen atoms in total. The molecule has 1 aliphatic rings. The molecule has 1 atom stereocenters. The van der Waals surface area contributed by atoms with E-state index in [2.05, 4.69) is 0 Å². The van der Waals surface area contributed by atoms with Crippen LogP contribution in [0.3, 0.4) is 0 Å². The number of aliphatic carboxylic acids is 1. The van der Waals surface area contributed by atoms with E-state index < -0.39 is 11.9 Å². The van der Waals surface area contributed by atoms with Crippen molar-refractivity contribution in [3.8, 4) is 0 Å². The lowest BCUT2D eigenvalue weighted by molar-refractivity contribution is -0.141. The minimum Gasteiger partial charge on any atom is -0.481 e. The van der Waals surface area contributed by atoms with Crippen LogP contribution in [0.4, 0.5) is 5.69 Å². The lowest BCUT2D eigenvalue weighted by Gasteiger charge is -2.22. The number of carbonyl (C=O) groups excluding carboxylic acids is 1. The van der Waals surface area contributed by atoms with Gasteiger partial charge in [0.15, 0.2) is 0 Å². The Kier molecular flexibility index (Phi) is 3.42. The molecule has 0 saturated carbocycles. The number of carboxylic acids is 1. The van der Waals surface area contributed by atoms with E-state index in [4.69, 9.17) is 5.11 Å². The number of carbonyl (C=O) groups is 2. The molecule has 1 heterocycles. The molecule has 1 amide bonds. The van der Waals surface area contributed by atoms with Gasteiger partial charge in [-0.3, -0.25) is 9.59 Å². The van der Waals surface area contributed by atoms with Crippen LogP contribution in [0.5, 0.6) is 0 Å². The predicted octanol–water partition coefficient (Wildman–Crippen LogP) is 1.90. The lowest BCUT2D eigenvalue weighted by atomic mass is 10.0. The highest BCUT2D eigenvalue weighted by molar-refractivity contribution is 5.94. The molecule has 2 rings (SSSR count). The molecule has 1 N–H and O–H groups in total. The van der Waals surface area contributed by atoms with Crippen LogP contribution in [0.1, 0.15) is 19.3 Å². The zero-order chi connectivity index (χ0) is 12.3. The van der Waals surface area contributed by atoms with Gasteiger partial charge in [0.1, 0.15) is 0 Å². The third kappa shape index (κ3) is 2.64. The summed E-state index contributed by atoms with van der Waals surface area (Å²) >= 11 is 0. The molecule has 90 valence electrons. The third-order valence-electron chi connectivity index (χ3n) is 3.06. The van der Waals surface area contributed by atoms with Crippen molar-refractivity contribution in [2.24, 2.45) is 5.92 Å². The number of benzene rings is 1. The second kappa shape index (κ2) is 4.99. The Morgan fingerprint density at radius 1 is 1.29 bits per heavy atom. The zero-order valence-corrected chi connectivity index (χ0v) is 9.50. The van der Waals surface area contributed by atoms with Crippen molar-refractivity contribution in [2.75, 3.05) is 11.4 Å². The maximum Gasteiger partial charge on any atom is 0.308 e. The Bertz CT molecular complexity index is 416. The van der Waals surface area contributed by atoms with E-state index in [-0.39, 0.29) is 12.5 Å². The number of hydrogen-bond donors (Lipinski definition) is 1. The summed E-state index contributed by atoms with van der Waals surface area (Å²) in [6, 6.07) is 9.25. The monoisotopic (exact) mass is 233 g/mol. The molecule has 17 heavy (non-hydrogen) atoms. The fourth-order valence-electron chi connectivity index (χ4n) is 2.11. The highest BCUT2D eigenvalue weighted by atomic mass is 16.4. The quantitative estimate of drug-likeness (QED) is 0.848. The first-order valence-electron chi connectivity index (χ1n) is 5.76. The second-order valence-corrected chi connectivity index (χ2v) is 4.27. The lowest BCUT2D eigenvalue weighted by Crippen LogP contribution is -2.35. The Hall–Kier alpha value is -1.84. The van der Waals surface area contributed by atoms with Crippen molar-refractivity contribution in [3.05, 3.63) is 30.3 Å². The van der Waals surface area contributed by atoms with Gasteiger partial charge < -0.3 is 10.0 Å². The van der Waals surface area contributed by atoms with E-state index >= 15 is 0 Å². The van der Waals surface area contributed by atoms with Gasteiger partial charge >= 0.3 is 5.97 Å². The largest absolute Gasteiger partial charge is 0.481 e. The van der Waals surface area contributed by atoms with Crippen LogP contribution < -0.4 is 4.90 Å². The van der Waals surface area contributed by atoms with Crippen molar-refractivity contribution >= 4 is 17.6 Å². The molecule has 1 unspecified atom stereocenters. The van der Waals surface area contributed by atoms with Gasteiger partial charge in [-0.05, 0) is 25.0 Å². The van der Waals surface area contributed by atoms with Crippen molar-refractivity contribution in [2.45, 2.75) is 19.3 Å². The third-order valence-corrected chi connectivity index (χ3v) is 3.06. The Morgan fingerprint density at radius 3 is 2.65 bits per heavy atom. The average Bonchev–Trinajstić information content (AvgIpc) is 2.52. The number of hydrogen-bond acceptors (Lipinski definition) is 2. The molecular weight excluding hydrogens is 218 g/mol. The van der Waals surface area contributed by atoms with E-state index in [1.165, 1.54) is 0 Å². The molecule has 0 radical (unpaired) electrons. The van der Waals surface area contributed by atoms with Crippen LogP contribution in [-0.4, -0.2) is 23.5 Å². The van der Waals surface area contributed by atoms with Crippen LogP contribution >= 0.6 is 0 Å². The molecule has 1 aliphatic heterocycles.